The van der Waals surface area contributed by atoms with E-state index in [1.54, 1.807) is 10.9 Å². The number of anilines is 1. The van der Waals surface area contributed by atoms with E-state index in [1.165, 1.54) is 23.1 Å². The molecule has 0 aliphatic heterocycles. The Bertz CT molecular complexity index is 1060. The zero-order valence-corrected chi connectivity index (χ0v) is 16.4. The minimum atomic E-state index is -0.152. The molecule has 3 aromatic heterocycles. The second-order valence-corrected chi connectivity index (χ2v) is 7.89. The number of amides is 1. The highest BCUT2D eigenvalue weighted by atomic mass is 32.2. The lowest BCUT2D eigenvalue weighted by Crippen LogP contribution is -2.14. The average Bonchev–Trinajstić information content (AvgIpc) is 3.39. The first-order valence-corrected chi connectivity index (χ1v) is 10.1. The molecule has 0 radical (unpaired) electrons. The van der Waals surface area contributed by atoms with E-state index in [2.05, 4.69) is 30.8 Å². The van der Waals surface area contributed by atoms with E-state index >= 15 is 0 Å². The van der Waals surface area contributed by atoms with E-state index in [0.29, 0.717) is 10.2 Å². The van der Waals surface area contributed by atoms with Crippen molar-refractivity contribution < 1.29 is 4.79 Å². The molecule has 8 nitrogen and oxygen atoms in total. The maximum atomic E-state index is 12.0. The van der Waals surface area contributed by atoms with Crippen molar-refractivity contribution in [2.45, 2.75) is 11.9 Å². The minimum Gasteiger partial charge on any atom is -0.300 e. The Labute approximate surface area is 169 Å². The number of thioether (sulfide) groups is 1. The second kappa shape index (κ2) is 8.28. The fraction of sp³-hybridized carbons (Fsp3) is 0.111. The summed E-state index contributed by atoms with van der Waals surface area (Å²) in [6.45, 7) is 1.84. The second-order valence-electron chi connectivity index (χ2n) is 5.72. The van der Waals surface area contributed by atoms with Crippen molar-refractivity contribution in [3.63, 3.8) is 0 Å². The van der Waals surface area contributed by atoms with Crippen LogP contribution in [0.15, 0.2) is 59.9 Å². The van der Waals surface area contributed by atoms with Gasteiger partial charge in [0.1, 0.15) is 10.0 Å². The number of benzene rings is 1. The van der Waals surface area contributed by atoms with Gasteiger partial charge in [-0.15, -0.1) is 20.4 Å². The molecule has 0 aliphatic rings. The Balaban J connectivity index is 1.35. The molecule has 1 N–H and O–H groups in total. The lowest BCUT2D eigenvalue weighted by atomic mass is 10.1. The number of rotatable bonds is 6. The van der Waals surface area contributed by atoms with Crippen LogP contribution in [0.25, 0.3) is 16.9 Å². The first kappa shape index (κ1) is 18.3. The topological polar surface area (TPSA) is 98.5 Å². The van der Waals surface area contributed by atoms with E-state index in [1.807, 2.05) is 55.6 Å². The van der Waals surface area contributed by atoms with Gasteiger partial charge in [-0.3, -0.25) is 10.1 Å². The number of carbonyl (C=O) groups is 1. The Morgan fingerprint density at radius 1 is 1.11 bits per heavy atom. The van der Waals surface area contributed by atoms with Crippen molar-refractivity contribution in [2.24, 2.45) is 0 Å². The van der Waals surface area contributed by atoms with Crippen LogP contribution < -0.4 is 5.32 Å². The van der Waals surface area contributed by atoms with E-state index in [9.17, 15) is 4.79 Å². The van der Waals surface area contributed by atoms with Crippen LogP contribution in [0.3, 0.4) is 0 Å². The molecular formula is C18H15N7OS2. The van der Waals surface area contributed by atoms with Gasteiger partial charge in [-0.25, -0.2) is 4.68 Å². The highest BCUT2D eigenvalue weighted by molar-refractivity contribution is 7.99. The van der Waals surface area contributed by atoms with Crippen molar-refractivity contribution in [1.29, 1.82) is 0 Å². The molecule has 0 saturated heterocycles. The molecule has 0 spiro atoms. The van der Waals surface area contributed by atoms with Gasteiger partial charge in [0.2, 0.25) is 11.0 Å². The molecule has 4 rings (SSSR count). The zero-order chi connectivity index (χ0) is 19.3. The van der Waals surface area contributed by atoms with Gasteiger partial charge in [0.25, 0.3) is 0 Å². The predicted molar refractivity (Wildman–Crippen MR) is 109 cm³/mol. The number of nitrogens with zero attached hydrogens (tertiary/aromatic N) is 6. The van der Waals surface area contributed by atoms with Crippen LogP contribution in [-0.2, 0) is 4.79 Å². The molecule has 0 aliphatic carbocycles. The van der Waals surface area contributed by atoms with Crippen LogP contribution in [0.2, 0.25) is 0 Å². The monoisotopic (exact) mass is 409 g/mol. The molecule has 0 bridgehead atoms. The fourth-order valence-electron chi connectivity index (χ4n) is 2.40. The molecule has 3 heterocycles. The maximum Gasteiger partial charge on any atom is 0.236 e. The summed E-state index contributed by atoms with van der Waals surface area (Å²) in [5, 5.41) is 25.1. The average molecular weight is 410 g/mol. The van der Waals surface area contributed by atoms with Gasteiger partial charge in [-0.2, -0.15) is 5.10 Å². The number of nitrogens with one attached hydrogen (secondary N) is 1. The molecule has 1 amide bonds. The number of hydrogen-bond donors (Lipinski definition) is 1. The van der Waals surface area contributed by atoms with Gasteiger partial charge in [0.05, 0.1) is 17.1 Å². The van der Waals surface area contributed by atoms with Crippen molar-refractivity contribution in [3.8, 4) is 16.9 Å². The standard InChI is InChI=1S/C18H15N7OS2/c1-12-21-24-18(28-12)20-16(26)11-27-17-8-7-15(22-23-17)13-3-5-14(6-4-13)25-10-2-9-19-25/h2-10H,11H2,1H3,(H,20,24,26). The highest BCUT2D eigenvalue weighted by Crippen LogP contribution is 2.21. The third-order valence-electron chi connectivity index (χ3n) is 3.70. The summed E-state index contributed by atoms with van der Waals surface area (Å²) in [6, 6.07) is 13.5. The molecular weight excluding hydrogens is 394 g/mol. The summed E-state index contributed by atoms with van der Waals surface area (Å²) < 4.78 is 1.79. The fourth-order valence-corrected chi connectivity index (χ4v) is 3.62. The van der Waals surface area contributed by atoms with Crippen molar-refractivity contribution >= 4 is 34.1 Å². The van der Waals surface area contributed by atoms with Crippen LogP contribution >= 0.6 is 23.1 Å². The zero-order valence-electron chi connectivity index (χ0n) is 14.8. The van der Waals surface area contributed by atoms with Gasteiger partial charge < -0.3 is 0 Å². The van der Waals surface area contributed by atoms with Crippen LogP contribution in [0.1, 0.15) is 5.01 Å². The largest absolute Gasteiger partial charge is 0.300 e. The third-order valence-corrected chi connectivity index (χ3v) is 5.37. The van der Waals surface area contributed by atoms with Gasteiger partial charge in [0, 0.05) is 18.0 Å². The normalized spacial score (nSPS) is 10.8. The summed E-state index contributed by atoms with van der Waals surface area (Å²) in [5.74, 6) is 0.0758. The van der Waals surface area contributed by atoms with E-state index < -0.39 is 0 Å². The summed E-state index contributed by atoms with van der Waals surface area (Å²) in [7, 11) is 0. The van der Waals surface area contributed by atoms with Crippen LogP contribution in [0, 0.1) is 6.92 Å². The number of carbonyl (C=O) groups excluding carboxylic acids is 1. The highest BCUT2D eigenvalue weighted by Gasteiger charge is 2.09. The first-order chi connectivity index (χ1) is 13.7. The molecule has 140 valence electrons. The molecule has 10 heteroatoms. The maximum absolute atomic E-state index is 12.0. The molecule has 1 aromatic carbocycles. The van der Waals surface area contributed by atoms with Crippen molar-refractivity contribution in [3.05, 3.63) is 59.9 Å². The van der Waals surface area contributed by atoms with E-state index in [-0.39, 0.29) is 11.7 Å². The smallest absolute Gasteiger partial charge is 0.236 e. The molecule has 0 unspecified atom stereocenters. The molecule has 0 saturated carbocycles. The quantitative estimate of drug-likeness (QED) is 0.488. The van der Waals surface area contributed by atoms with Gasteiger partial charge in [-0.05, 0) is 37.3 Å². The lowest BCUT2D eigenvalue weighted by molar-refractivity contribution is -0.113. The van der Waals surface area contributed by atoms with E-state index in [4.69, 9.17) is 0 Å². The Kier molecular flexibility index (Phi) is 5.40. The first-order valence-electron chi connectivity index (χ1n) is 8.34. The summed E-state index contributed by atoms with van der Waals surface area (Å²) in [6.07, 6.45) is 3.63. The van der Waals surface area contributed by atoms with Crippen LogP contribution in [0.5, 0.6) is 0 Å². The van der Waals surface area contributed by atoms with Crippen LogP contribution in [-0.4, -0.2) is 41.8 Å². The SMILES string of the molecule is Cc1nnc(NC(=O)CSc2ccc(-c3ccc(-n4cccn4)cc3)nn2)s1. The van der Waals surface area contributed by atoms with Crippen molar-refractivity contribution in [2.75, 3.05) is 11.1 Å². The minimum absolute atomic E-state index is 0.152. The van der Waals surface area contributed by atoms with Crippen LogP contribution in [0.4, 0.5) is 5.13 Å². The van der Waals surface area contributed by atoms with Gasteiger partial charge in [-0.1, -0.05) is 35.2 Å². The Morgan fingerprint density at radius 2 is 1.96 bits per heavy atom. The number of aryl methyl sites for hydroxylation is 1. The van der Waals surface area contributed by atoms with Gasteiger partial charge in [0.15, 0.2) is 0 Å². The molecule has 0 atom stereocenters. The Hall–Kier alpha value is -3.11. The van der Waals surface area contributed by atoms with E-state index in [0.717, 1.165) is 22.0 Å². The predicted octanol–water partition coefficient (Wildman–Crippen LogP) is 3.22. The molecule has 28 heavy (non-hydrogen) atoms. The molecule has 4 aromatic rings. The molecule has 0 fully saturated rings. The number of hydrogen-bond acceptors (Lipinski definition) is 8. The third kappa shape index (κ3) is 4.41. The number of aromatic nitrogens is 6. The summed E-state index contributed by atoms with van der Waals surface area (Å²) in [4.78, 5) is 12.0. The van der Waals surface area contributed by atoms with Gasteiger partial charge >= 0.3 is 0 Å². The Morgan fingerprint density at radius 3 is 2.61 bits per heavy atom. The lowest BCUT2D eigenvalue weighted by Gasteiger charge is -2.05. The summed E-state index contributed by atoms with van der Waals surface area (Å²) >= 11 is 2.66. The summed E-state index contributed by atoms with van der Waals surface area (Å²) in [5.41, 5.74) is 2.71. The van der Waals surface area contributed by atoms with Crippen molar-refractivity contribution in [1.82, 2.24) is 30.2 Å².